The van der Waals surface area contributed by atoms with Crippen molar-refractivity contribution in [1.82, 2.24) is 0 Å². The normalized spacial score (nSPS) is 23.1. The number of hydrogen-bond acceptors (Lipinski definition) is 1. The summed E-state index contributed by atoms with van der Waals surface area (Å²) in [6.07, 6.45) is 1.78. The maximum atomic E-state index is 8.28. The topological polar surface area (TPSA) is 44.0 Å². The second-order valence-electron chi connectivity index (χ2n) is 1.94. The zero-order valence-electron chi connectivity index (χ0n) is 4.57. The van der Waals surface area contributed by atoms with E-state index in [0.29, 0.717) is 0 Å². The predicted octanol–water partition coefficient (Wildman–Crippen LogP) is -2.43. The van der Waals surface area contributed by atoms with Gasteiger partial charge in [-0.1, -0.05) is 12.8 Å². The summed E-state index contributed by atoms with van der Waals surface area (Å²) < 4.78 is 0. The Morgan fingerprint density at radius 3 is 2.00 bits per heavy atom. The van der Waals surface area contributed by atoms with Crippen molar-refractivity contribution in [2.75, 3.05) is 6.61 Å². The van der Waals surface area contributed by atoms with Crippen LogP contribution in [0.4, 0.5) is 0 Å². The summed E-state index contributed by atoms with van der Waals surface area (Å²) in [5.74, 6) is 0. The zero-order chi connectivity index (χ0) is 4.62. The Morgan fingerprint density at radius 2 is 2.00 bits per heavy atom. The molecule has 1 aliphatic rings. The number of nitrogens with one attached hydrogen (secondary N) is 1. The first-order chi connectivity index (χ1) is 2.77. The molecular formula is C4H8KNO. The molecule has 0 heterocycles. The minimum Gasteiger partial charge on any atom is -0.670 e. The first-order valence-corrected chi connectivity index (χ1v) is 2.13. The molecule has 0 aromatic rings. The average molecular weight is 125 g/mol. The van der Waals surface area contributed by atoms with Gasteiger partial charge in [-0.25, -0.2) is 0 Å². The molecule has 36 valence electrons. The second-order valence-corrected chi connectivity index (χ2v) is 1.94. The molecule has 0 atom stereocenters. The Hall–Kier alpha value is 1.56. The number of rotatable bonds is 1. The number of aliphatic hydroxyl groups excluding tert-OH is 1. The summed E-state index contributed by atoms with van der Waals surface area (Å²) in [5.41, 5.74) is 6.64. The summed E-state index contributed by atoms with van der Waals surface area (Å²) >= 11 is 0. The summed E-state index contributed by atoms with van der Waals surface area (Å²) in [4.78, 5) is 0. The van der Waals surface area contributed by atoms with Crippen LogP contribution in [0.1, 0.15) is 12.8 Å². The van der Waals surface area contributed by atoms with Crippen molar-refractivity contribution in [3.8, 4) is 0 Å². The van der Waals surface area contributed by atoms with E-state index in [4.69, 9.17) is 10.8 Å². The fourth-order valence-corrected chi connectivity index (χ4v) is 0.309. The molecule has 2 N–H and O–H groups in total. The Labute approximate surface area is 85.9 Å². The molecule has 0 aromatic carbocycles. The smallest absolute Gasteiger partial charge is 0.670 e. The monoisotopic (exact) mass is 125 g/mol. The van der Waals surface area contributed by atoms with Gasteiger partial charge in [0.1, 0.15) is 0 Å². The molecule has 0 unspecified atom stereocenters. The summed E-state index contributed by atoms with van der Waals surface area (Å²) in [5, 5.41) is 8.28. The molecule has 7 heavy (non-hydrogen) atoms. The van der Waals surface area contributed by atoms with Gasteiger partial charge in [0, 0.05) is 6.61 Å². The molecule has 0 aliphatic heterocycles. The van der Waals surface area contributed by atoms with Gasteiger partial charge in [-0.05, 0) is 0 Å². The third-order valence-electron chi connectivity index (χ3n) is 1.16. The van der Waals surface area contributed by atoms with Gasteiger partial charge >= 0.3 is 51.4 Å². The Kier molecular flexibility index (Phi) is 3.56. The molecule has 1 saturated carbocycles. The van der Waals surface area contributed by atoms with Gasteiger partial charge in [0.2, 0.25) is 0 Å². The predicted molar refractivity (Wildman–Crippen MR) is 23.4 cm³/mol. The van der Waals surface area contributed by atoms with E-state index < -0.39 is 5.54 Å². The van der Waals surface area contributed by atoms with Crippen molar-refractivity contribution in [3.63, 3.8) is 0 Å². The molecule has 0 spiro atoms. The quantitative estimate of drug-likeness (QED) is 0.389. The van der Waals surface area contributed by atoms with E-state index in [2.05, 4.69) is 0 Å². The molecule has 0 amide bonds. The average Bonchev–Trinajstić information content (AvgIpc) is 2.22. The zero-order valence-corrected chi connectivity index (χ0v) is 7.69. The van der Waals surface area contributed by atoms with Crippen LogP contribution in [0, 0.1) is 0 Å². The molecule has 0 saturated heterocycles. The van der Waals surface area contributed by atoms with Crippen LogP contribution in [0.2, 0.25) is 0 Å². The Morgan fingerprint density at radius 1 is 1.57 bits per heavy atom. The van der Waals surface area contributed by atoms with E-state index >= 15 is 0 Å². The van der Waals surface area contributed by atoms with E-state index in [9.17, 15) is 0 Å². The second kappa shape index (κ2) is 2.91. The van der Waals surface area contributed by atoms with E-state index in [-0.39, 0.29) is 58.0 Å². The molecule has 0 bridgehead atoms. The molecule has 0 radical (unpaired) electrons. The Balaban J connectivity index is 0.000000360. The van der Waals surface area contributed by atoms with Crippen molar-refractivity contribution >= 4 is 0 Å². The molecule has 1 rings (SSSR count). The fourth-order valence-electron chi connectivity index (χ4n) is 0.309. The molecule has 3 heteroatoms. The SMILES string of the molecule is [K+].[NH-]C1(CO)CC1. The maximum Gasteiger partial charge on any atom is 1.00 e. The van der Waals surface area contributed by atoms with Crippen LogP contribution in [0.25, 0.3) is 5.73 Å². The van der Waals surface area contributed by atoms with Crippen LogP contribution in [-0.2, 0) is 0 Å². The first-order valence-electron chi connectivity index (χ1n) is 2.13. The van der Waals surface area contributed by atoms with Gasteiger partial charge in [-0.15, -0.1) is 5.54 Å². The van der Waals surface area contributed by atoms with Gasteiger partial charge in [-0.3, -0.25) is 0 Å². The van der Waals surface area contributed by atoms with Gasteiger partial charge in [-0.2, -0.15) is 0 Å². The van der Waals surface area contributed by atoms with E-state index in [1.54, 1.807) is 0 Å². The van der Waals surface area contributed by atoms with E-state index in [0.717, 1.165) is 12.8 Å². The molecule has 1 fully saturated rings. The van der Waals surface area contributed by atoms with Crippen LogP contribution in [0.15, 0.2) is 0 Å². The van der Waals surface area contributed by atoms with Gasteiger partial charge in [0.15, 0.2) is 0 Å². The van der Waals surface area contributed by atoms with Crippen molar-refractivity contribution in [2.24, 2.45) is 0 Å². The van der Waals surface area contributed by atoms with Crippen LogP contribution in [0.5, 0.6) is 0 Å². The third-order valence-corrected chi connectivity index (χ3v) is 1.16. The van der Waals surface area contributed by atoms with Crippen LogP contribution in [-0.4, -0.2) is 17.3 Å². The van der Waals surface area contributed by atoms with Crippen LogP contribution < -0.4 is 51.4 Å². The maximum absolute atomic E-state index is 8.28. The van der Waals surface area contributed by atoms with Crippen LogP contribution >= 0.6 is 0 Å². The van der Waals surface area contributed by atoms with Crippen molar-refractivity contribution < 1.29 is 56.5 Å². The standard InChI is InChI=1S/C4H8NO.K/c5-4(3-6)1-2-4;/h5-6H,1-3H2;/q-1;+1. The third kappa shape index (κ3) is 2.55. The largest absolute Gasteiger partial charge is 1.00 e. The molecule has 1 aliphatic carbocycles. The first kappa shape index (κ1) is 8.56. The van der Waals surface area contributed by atoms with Gasteiger partial charge < -0.3 is 10.8 Å². The van der Waals surface area contributed by atoms with Gasteiger partial charge in [0.05, 0.1) is 0 Å². The van der Waals surface area contributed by atoms with Crippen LogP contribution in [0.3, 0.4) is 0 Å². The molecule has 2 nitrogen and oxygen atoms in total. The van der Waals surface area contributed by atoms with E-state index in [1.807, 2.05) is 0 Å². The fraction of sp³-hybridized carbons (Fsp3) is 1.00. The summed E-state index contributed by atoms with van der Waals surface area (Å²) in [6, 6.07) is 0. The summed E-state index contributed by atoms with van der Waals surface area (Å²) in [6.45, 7) is 0.0486. The minimum absolute atomic E-state index is 0. The van der Waals surface area contributed by atoms with E-state index in [1.165, 1.54) is 0 Å². The minimum atomic E-state index is -0.403. The number of hydrogen-bond donors (Lipinski definition) is 1. The molecule has 0 aromatic heterocycles. The van der Waals surface area contributed by atoms with Gasteiger partial charge in [0.25, 0.3) is 0 Å². The Bertz CT molecular complexity index is 62.7. The summed E-state index contributed by atoms with van der Waals surface area (Å²) in [7, 11) is 0. The molecular weight excluding hydrogens is 117 g/mol. The van der Waals surface area contributed by atoms with Crippen molar-refractivity contribution in [3.05, 3.63) is 5.73 Å². The number of aliphatic hydroxyl groups is 1. The van der Waals surface area contributed by atoms with Crippen molar-refractivity contribution in [1.29, 1.82) is 0 Å². The van der Waals surface area contributed by atoms with Crippen molar-refractivity contribution in [2.45, 2.75) is 18.4 Å².